The summed E-state index contributed by atoms with van der Waals surface area (Å²) < 4.78 is 88.4. The molecule has 1 heterocycles. The number of hydrogen-bond acceptors (Lipinski definition) is 7. The lowest BCUT2D eigenvalue weighted by atomic mass is 9.98. The normalized spacial score (nSPS) is 12.5. The third kappa shape index (κ3) is 8.46. The van der Waals surface area contributed by atoms with E-state index in [1.54, 1.807) is 48.5 Å². The van der Waals surface area contributed by atoms with Gasteiger partial charge in [-0.2, -0.15) is 13.2 Å². The van der Waals surface area contributed by atoms with Crippen LogP contribution in [0.25, 0.3) is 11.1 Å². The molecule has 0 aliphatic rings. The second kappa shape index (κ2) is 12.5. The van der Waals surface area contributed by atoms with Crippen LogP contribution in [0.15, 0.2) is 72.8 Å². The Labute approximate surface area is 238 Å². The Kier molecular flexibility index (Phi) is 9.05. The van der Waals surface area contributed by atoms with Crippen LogP contribution in [-0.2, 0) is 22.4 Å². The number of H-pyrrole nitrogens is 1. The zero-order chi connectivity index (χ0) is 30.5. The standard InChI is InChI=1S/C27H18ClF6N3O5/c28-19-9-3-16(4-10-19)14-21(40-23-22(35-37-36-23)24(38)41-25(39)26(29,30)31)13-15-1-5-17(6-2-15)18-7-11-20(12-8-18)42-27(32,33)34/h1-12,21H,13-14H2,(H,35,36,37). The van der Waals surface area contributed by atoms with E-state index in [1.807, 2.05) is 0 Å². The molecule has 220 valence electrons. The zero-order valence-corrected chi connectivity index (χ0v) is 21.8. The van der Waals surface area contributed by atoms with Crippen molar-refractivity contribution in [1.82, 2.24) is 15.4 Å². The van der Waals surface area contributed by atoms with Crippen molar-refractivity contribution in [3.63, 3.8) is 0 Å². The molecular weight excluding hydrogens is 596 g/mol. The molecular formula is C27H18ClF6N3O5. The summed E-state index contributed by atoms with van der Waals surface area (Å²) in [5, 5.41) is 9.55. The molecule has 8 nitrogen and oxygen atoms in total. The lowest BCUT2D eigenvalue weighted by Gasteiger charge is -2.19. The number of hydrogen-bond donors (Lipinski definition) is 1. The second-order valence-electron chi connectivity index (χ2n) is 8.71. The number of esters is 2. The monoisotopic (exact) mass is 613 g/mol. The minimum Gasteiger partial charge on any atom is -0.471 e. The van der Waals surface area contributed by atoms with E-state index in [1.165, 1.54) is 24.3 Å². The Morgan fingerprint density at radius 3 is 1.86 bits per heavy atom. The zero-order valence-electron chi connectivity index (χ0n) is 21.0. The molecule has 1 unspecified atom stereocenters. The van der Waals surface area contributed by atoms with Gasteiger partial charge in [0.1, 0.15) is 11.9 Å². The number of nitrogens with one attached hydrogen (secondary N) is 1. The van der Waals surface area contributed by atoms with Gasteiger partial charge in [-0.15, -0.1) is 13.2 Å². The average Bonchev–Trinajstić information content (AvgIpc) is 3.38. The van der Waals surface area contributed by atoms with E-state index in [9.17, 15) is 35.9 Å². The molecule has 0 fully saturated rings. The van der Waals surface area contributed by atoms with Gasteiger partial charge in [-0.3, -0.25) is 0 Å². The van der Waals surface area contributed by atoms with Gasteiger partial charge in [0.15, 0.2) is 0 Å². The van der Waals surface area contributed by atoms with E-state index in [-0.39, 0.29) is 18.6 Å². The molecule has 42 heavy (non-hydrogen) atoms. The predicted molar refractivity (Wildman–Crippen MR) is 135 cm³/mol. The number of rotatable bonds is 9. The van der Waals surface area contributed by atoms with Crippen molar-refractivity contribution >= 4 is 23.5 Å². The summed E-state index contributed by atoms with van der Waals surface area (Å²) in [6.07, 6.45) is -10.5. The number of aromatic nitrogens is 3. The van der Waals surface area contributed by atoms with E-state index < -0.39 is 42.2 Å². The number of carbonyl (C=O) groups excluding carboxylic acids is 2. The number of benzene rings is 3. The topological polar surface area (TPSA) is 103 Å². The Bertz CT molecular complexity index is 1520. The molecule has 15 heteroatoms. The van der Waals surface area contributed by atoms with Gasteiger partial charge in [0, 0.05) is 17.9 Å². The van der Waals surface area contributed by atoms with Crippen molar-refractivity contribution in [3.8, 4) is 22.8 Å². The van der Waals surface area contributed by atoms with E-state index in [0.29, 0.717) is 16.1 Å². The number of ether oxygens (including phenoxy) is 3. The van der Waals surface area contributed by atoms with Gasteiger partial charge in [0.05, 0.1) is 0 Å². The Balaban J connectivity index is 1.51. The van der Waals surface area contributed by atoms with Crippen molar-refractivity contribution < 1.29 is 50.1 Å². The lowest BCUT2D eigenvalue weighted by Crippen LogP contribution is -2.29. The van der Waals surface area contributed by atoms with Gasteiger partial charge in [0.25, 0.3) is 5.88 Å². The SMILES string of the molecule is O=C(OC(=O)C(F)(F)F)c1[nH]nnc1OC(Cc1ccc(Cl)cc1)Cc1ccc(-c2ccc(OC(F)(F)F)cc2)cc1. The van der Waals surface area contributed by atoms with Crippen LogP contribution in [0.3, 0.4) is 0 Å². The summed E-state index contributed by atoms with van der Waals surface area (Å²) in [5.41, 5.74) is 2.13. The van der Waals surface area contributed by atoms with Gasteiger partial charge >= 0.3 is 24.5 Å². The minimum absolute atomic E-state index is 0.212. The molecule has 3 aromatic carbocycles. The van der Waals surface area contributed by atoms with Crippen LogP contribution < -0.4 is 9.47 Å². The second-order valence-corrected chi connectivity index (χ2v) is 9.15. The van der Waals surface area contributed by atoms with Crippen molar-refractivity contribution in [2.75, 3.05) is 0 Å². The van der Waals surface area contributed by atoms with E-state index in [4.69, 9.17) is 16.3 Å². The third-order valence-corrected chi connectivity index (χ3v) is 5.88. The molecule has 4 aromatic rings. The van der Waals surface area contributed by atoms with Gasteiger partial charge in [-0.05, 0) is 46.5 Å². The van der Waals surface area contributed by atoms with Crippen molar-refractivity contribution in [1.29, 1.82) is 0 Å². The molecule has 0 saturated heterocycles. The highest BCUT2D eigenvalue weighted by atomic mass is 35.5. The molecule has 0 aliphatic heterocycles. The van der Waals surface area contributed by atoms with Gasteiger partial charge < -0.3 is 14.2 Å². The first-order chi connectivity index (χ1) is 19.8. The number of halogens is 7. The Morgan fingerprint density at radius 2 is 1.33 bits per heavy atom. The van der Waals surface area contributed by atoms with Crippen LogP contribution in [0.5, 0.6) is 11.6 Å². The fourth-order valence-corrected chi connectivity index (χ4v) is 3.89. The molecule has 0 amide bonds. The molecule has 0 spiro atoms. The number of carbonyl (C=O) groups is 2. The van der Waals surface area contributed by atoms with Crippen LogP contribution in [0, 0.1) is 0 Å². The molecule has 0 radical (unpaired) electrons. The number of aromatic amines is 1. The van der Waals surface area contributed by atoms with Crippen LogP contribution in [0.4, 0.5) is 26.3 Å². The van der Waals surface area contributed by atoms with E-state index in [2.05, 4.69) is 24.9 Å². The lowest BCUT2D eigenvalue weighted by molar-refractivity contribution is -0.274. The summed E-state index contributed by atoms with van der Waals surface area (Å²) in [5.74, 6) is -5.23. The minimum atomic E-state index is -5.40. The quantitative estimate of drug-likeness (QED) is 0.131. The summed E-state index contributed by atoms with van der Waals surface area (Å²) in [7, 11) is 0. The van der Waals surface area contributed by atoms with Crippen molar-refractivity contribution in [3.05, 3.63) is 94.6 Å². The van der Waals surface area contributed by atoms with Crippen LogP contribution >= 0.6 is 11.6 Å². The maximum absolute atomic E-state index is 12.5. The Morgan fingerprint density at radius 1 is 0.810 bits per heavy atom. The largest absolute Gasteiger partial charge is 0.573 e. The van der Waals surface area contributed by atoms with Crippen LogP contribution in [0.1, 0.15) is 21.6 Å². The smallest absolute Gasteiger partial charge is 0.471 e. The molecule has 1 aromatic heterocycles. The first kappa shape index (κ1) is 30.4. The van der Waals surface area contributed by atoms with Gasteiger partial charge in [-0.1, -0.05) is 70.4 Å². The maximum Gasteiger partial charge on any atom is 0.573 e. The fraction of sp³-hybridized carbons (Fsp3) is 0.185. The average molecular weight is 614 g/mol. The third-order valence-electron chi connectivity index (χ3n) is 5.63. The summed E-state index contributed by atoms with van der Waals surface area (Å²) in [4.78, 5) is 23.3. The molecule has 1 atom stereocenters. The molecule has 0 aliphatic carbocycles. The van der Waals surface area contributed by atoms with Gasteiger partial charge in [-0.25, -0.2) is 14.7 Å². The van der Waals surface area contributed by atoms with E-state index in [0.717, 1.165) is 11.1 Å². The molecule has 0 saturated carbocycles. The highest BCUT2D eigenvalue weighted by Gasteiger charge is 2.43. The highest BCUT2D eigenvalue weighted by molar-refractivity contribution is 6.30. The fourth-order valence-electron chi connectivity index (χ4n) is 3.77. The number of alkyl halides is 6. The molecule has 0 bridgehead atoms. The maximum atomic E-state index is 12.5. The van der Waals surface area contributed by atoms with Crippen LogP contribution in [0.2, 0.25) is 5.02 Å². The summed E-state index contributed by atoms with van der Waals surface area (Å²) >= 11 is 5.95. The van der Waals surface area contributed by atoms with Gasteiger partial charge in [0.2, 0.25) is 5.69 Å². The molecule has 4 rings (SSSR count). The first-order valence-electron chi connectivity index (χ1n) is 11.9. The highest BCUT2D eigenvalue weighted by Crippen LogP contribution is 2.28. The number of nitrogens with zero attached hydrogens (tertiary/aromatic N) is 2. The Hall–Kier alpha value is -4.59. The first-order valence-corrected chi connectivity index (χ1v) is 12.3. The molecule has 1 N–H and O–H groups in total. The van der Waals surface area contributed by atoms with Crippen molar-refractivity contribution in [2.24, 2.45) is 0 Å². The summed E-state index contributed by atoms with van der Waals surface area (Å²) in [6, 6.07) is 19.0. The van der Waals surface area contributed by atoms with E-state index >= 15 is 0 Å². The van der Waals surface area contributed by atoms with Crippen molar-refractivity contribution in [2.45, 2.75) is 31.5 Å². The summed E-state index contributed by atoms with van der Waals surface area (Å²) in [6.45, 7) is 0. The van der Waals surface area contributed by atoms with Crippen LogP contribution in [-0.4, -0.2) is 46.0 Å². The predicted octanol–water partition coefficient (Wildman–Crippen LogP) is 6.50.